The minimum Gasteiger partial charge on any atom is -0.286 e. The van der Waals surface area contributed by atoms with Crippen LogP contribution in [0.25, 0.3) is 0 Å². The molecule has 0 amide bonds. The molecule has 58 valence electrons. The monoisotopic (exact) mass is 162 g/mol. The van der Waals surface area contributed by atoms with E-state index in [4.69, 9.17) is 11.0 Å². The zero-order valence-electron chi connectivity index (χ0n) is 5.74. The highest BCUT2D eigenvalue weighted by atomic mass is 32.2. The fraction of sp³-hybridized carbons (Fsp3) is 0.667. The lowest BCUT2D eigenvalue weighted by atomic mass is 10.1. The lowest BCUT2D eigenvalue weighted by Crippen LogP contribution is -2.06. The maximum absolute atomic E-state index is 10.1. The third-order valence-corrected chi connectivity index (χ3v) is 1.84. The summed E-state index contributed by atoms with van der Waals surface area (Å²) in [5.74, 6) is 2.01. The first-order chi connectivity index (χ1) is 4.45. The Hall–Kier alpha value is -0.530. The zero-order chi connectivity index (χ0) is 8.20. The molecule has 0 bridgehead atoms. The van der Waals surface area contributed by atoms with Crippen molar-refractivity contribution in [1.82, 2.24) is 0 Å². The Bertz CT molecular complexity index is 222. The largest absolute Gasteiger partial charge is 0.286 e. The van der Waals surface area contributed by atoms with Gasteiger partial charge in [-0.15, -0.1) is 12.3 Å². The summed E-state index contributed by atoms with van der Waals surface area (Å²) in [4.78, 5) is 0. The minimum absolute atomic E-state index is 0.0954. The van der Waals surface area contributed by atoms with Gasteiger partial charge >= 0.3 is 0 Å². The van der Waals surface area contributed by atoms with E-state index >= 15 is 0 Å². The molecule has 0 saturated carbocycles. The first-order valence-corrected chi connectivity index (χ1v) is 4.48. The van der Waals surface area contributed by atoms with Gasteiger partial charge in [0.05, 0.1) is 5.75 Å². The van der Waals surface area contributed by atoms with Gasteiger partial charge in [0.2, 0.25) is 0 Å². The second-order valence-corrected chi connectivity index (χ2v) is 3.71. The predicted molar refractivity (Wildman–Crippen MR) is 39.0 cm³/mol. The molecule has 1 unspecified atom stereocenters. The molecular weight excluding hydrogens is 152 g/mol. The maximum atomic E-state index is 10.1. The summed E-state index contributed by atoms with van der Waals surface area (Å²) in [6, 6.07) is 0. The molecule has 1 atom stereocenters. The Morgan fingerprint density at radius 1 is 1.70 bits per heavy atom. The fourth-order valence-corrected chi connectivity index (χ4v) is 1.06. The van der Waals surface area contributed by atoms with Gasteiger partial charge in [0.15, 0.2) is 0 Å². The second kappa shape index (κ2) is 3.59. The molecule has 0 aliphatic rings. The summed E-state index contributed by atoms with van der Waals surface area (Å²) in [7, 11) is -3.82. The zero-order valence-corrected chi connectivity index (χ0v) is 6.56. The molecule has 0 saturated heterocycles. The van der Waals surface area contributed by atoms with Crippen LogP contribution in [0.5, 0.6) is 0 Å². The average molecular weight is 162 g/mol. The molecule has 3 nitrogen and oxygen atoms in total. The average Bonchev–Trinajstić information content (AvgIpc) is 1.81. The van der Waals surface area contributed by atoms with Gasteiger partial charge < -0.3 is 0 Å². The van der Waals surface area contributed by atoms with Crippen LogP contribution < -0.4 is 0 Å². The van der Waals surface area contributed by atoms with E-state index in [0.29, 0.717) is 6.42 Å². The maximum Gasteiger partial charge on any atom is 0.264 e. The van der Waals surface area contributed by atoms with Crippen molar-refractivity contribution >= 4 is 10.1 Å². The third-order valence-electron chi connectivity index (χ3n) is 1.09. The summed E-state index contributed by atoms with van der Waals surface area (Å²) < 4.78 is 28.5. The normalized spacial score (nSPS) is 14.1. The van der Waals surface area contributed by atoms with Crippen LogP contribution >= 0.6 is 0 Å². The highest BCUT2D eigenvalue weighted by molar-refractivity contribution is 7.85. The molecule has 0 aliphatic heterocycles. The van der Waals surface area contributed by atoms with Crippen molar-refractivity contribution in [2.75, 3.05) is 5.75 Å². The van der Waals surface area contributed by atoms with Gasteiger partial charge in [0.1, 0.15) is 0 Å². The molecule has 0 aliphatic carbocycles. The van der Waals surface area contributed by atoms with Crippen LogP contribution in [0.15, 0.2) is 0 Å². The number of terminal acetylenes is 1. The second-order valence-electron chi connectivity index (χ2n) is 2.14. The van der Waals surface area contributed by atoms with E-state index in [1.165, 1.54) is 0 Å². The van der Waals surface area contributed by atoms with Gasteiger partial charge in [0, 0.05) is 5.92 Å². The molecule has 0 rings (SSSR count). The van der Waals surface area contributed by atoms with Crippen LogP contribution in [0, 0.1) is 18.3 Å². The summed E-state index contributed by atoms with van der Waals surface area (Å²) in [6.07, 6.45) is 5.29. The first kappa shape index (κ1) is 9.47. The van der Waals surface area contributed by atoms with Crippen LogP contribution in [-0.2, 0) is 10.1 Å². The van der Waals surface area contributed by atoms with E-state index < -0.39 is 10.1 Å². The summed E-state index contributed by atoms with van der Waals surface area (Å²) >= 11 is 0. The molecule has 10 heavy (non-hydrogen) atoms. The topological polar surface area (TPSA) is 54.4 Å². The molecule has 1 N–H and O–H groups in total. The van der Waals surface area contributed by atoms with E-state index in [2.05, 4.69) is 5.92 Å². The SMILES string of the molecule is C#CC(C)CCS(=O)(=O)O. The van der Waals surface area contributed by atoms with Crippen LogP contribution in [0.1, 0.15) is 13.3 Å². The standard InChI is InChI=1S/C6H10O3S/c1-3-6(2)4-5-10(7,8)9/h1,6H,4-5H2,2H3,(H,7,8,9). The first-order valence-electron chi connectivity index (χ1n) is 2.87. The Morgan fingerprint density at radius 3 is 2.50 bits per heavy atom. The van der Waals surface area contributed by atoms with Gasteiger partial charge in [0.25, 0.3) is 10.1 Å². The summed E-state index contributed by atoms with van der Waals surface area (Å²) in [5.41, 5.74) is 0. The Labute approximate surface area is 61.2 Å². The van der Waals surface area contributed by atoms with E-state index in [1.54, 1.807) is 6.92 Å². The predicted octanol–water partition coefficient (Wildman–Crippen LogP) is 0.534. The highest BCUT2D eigenvalue weighted by Gasteiger charge is 2.06. The van der Waals surface area contributed by atoms with Gasteiger partial charge in [-0.05, 0) is 6.42 Å². The van der Waals surface area contributed by atoms with Crippen molar-refractivity contribution in [2.45, 2.75) is 13.3 Å². The summed E-state index contributed by atoms with van der Waals surface area (Å²) in [5, 5.41) is 0. The minimum atomic E-state index is -3.82. The Balaban J connectivity index is 3.70. The van der Waals surface area contributed by atoms with Crippen molar-refractivity contribution in [2.24, 2.45) is 5.92 Å². The molecule has 0 heterocycles. The lowest BCUT2D eigenvalue weighted by molar-refractivity contribution is 0.478. The van der Waals surface area contributed by atoms with Gasteiger partial charge in [-0.2, -0.15) is 8.42 Å². The van der Waals surface area contributed by atoms with E-state index in [-0.39, 0.29) is 11.7 Å². The van der Waals surface area contributed by atoms with Crippen molar-refractivity contribution in [3.8, 4) is 12.3 Å². The number of rotatable bonds is 3. The van der Waals surface area contributed by atoms with Crippen molar-refractivity contribution < 1.29 is 13.0 Å². The van der Waals surface area contributed by atoms with Crippen LogP contribution in [-0.4, -0.2) is 18.7 Å². The molecule has 4 heteroatoms. The van der Waals surface area contributed by atoms with Crippen LogP contribution in [0.2, 0.25) is 0 Å². The van der Waals surface area contributed by atoms with Crippen LogP contribution in [0.4, 0.5) is 0 Å². The van der Waals surface area contributed by atoms with Gasteiger partial charge in [-0.1, -0.05) is 6.92 Å². The molecular formula is C6H10O3S. The Kier molecular flexibility index (Phi) is 3.40. The fourth-order valence-electron chi connectivity index (χ4n) is 0.409. The number of hydrogen-bond donors (Lipinski definition) is 1. The molecule has 0 radical (unpaired) electrons. The van der Waals surface area contributed by atoms with E-state index in [1.807, 2.05) is 0 Å². The van der Waals surface area contributed by atoms with E-state index in [9.17, 15) is 8.42 Å². The smallest absolute Gasteiger partial charge is 0.264 e. The van der Waals surface area contributed by atoms with Crippen molar-refractivity contribution in [3.63, 3.8) is 0 Å². The lowest BCUT2D eigenvalue weighted by Gasteiger charge is -1.99. The molecule has 0 aromatic rings. The molecule has 0 aromatic heterocycles. The third kappa shape index (κ3) is 5.60. The van der Waals surface area contributed by atoms with Gasteiger partial charge in [-0.3, -0.25) is 4.55 Å². The van der Waals surface area contributed by atoms with Crippen molar-refractivity contribution in [3.05, 3.63) is 0 Å². The Morgan fingerprint density at radius 2 is 2.20 bits per heavy atom. The summed E-state index contributed by atoms with van der Waals surface area (Å²) in [6.45, 7) is 1.73. The van der Waals surface area contributed by atoms with E-state index in [0.717, 1.165) is 0 Å². The van der Waals surface area contributed by atoms with Crippen LogP contribution in [0.3, 0.4) is 0 Å². The highest BCUT2D eigenvalue weighted by Crippen LogP contribution is 2.00. The molecule has 0 fully saturated rings. The van der Waals surface area contributed by atoms with Crippen molar-refractivity contribution in [1.29, 1.82) is 0 Å². The quantitative estimate of drug-likeness (QED) is 0.486. The number of hydrogen-bond acceptors (Lipinski definition) is 2. The molecule has 0 aromatic carbocycles. The van der Waals surface area contributed by atoms with Gasteiger partial charge in [-0.25, -0.2) is 0 Å². The molecule has 0 spiro atoms.